The minimum atomic E-state index is -2.76. The van der Waals surface area contributed by atoms with Gasteiger partial charge in [0.2, 0.25) is 0 Å². The standard InChI is InChI=1S/C11H12BrIO5/c1-7(14)17-13(18-8(2)15)9-4-5-10(12)11(6-9)16-3/h4-6H,1-3H3. The maximum absolute atomic E-state index is 11.0. The number of carbonyl (C=O) groups excluding carboxylic acids is 2. The zero-order valence-corrected chi connectivity index (χ0v) is 13.8. The molecule has 0 bridgehead atoms. The number of rotatable bonds is 4. The molecule has 0 saturated carbocycles. The Morgan fingerprint density at radius 1 is 1.17 bits per heavy atom. The SMILES string of the molecule is COc1cc(I(OC(C)=O)OC(C)=O)ccc1Br. The Kier molecular flexibility index (Phi) is 5.86. The molecule has 0 heterocycles. The second kappa shape index (κ2) is 6.93. The molecule has 18 heavy (non-hydrogen) atoms. The molecule has 100 valence electrons. The van der Waals surface area contributed by atoms with E-state index in [1.54, 1.807) is 18.2 Å². The van der Waals surface area contributed by atoms with Crippen LogP contribution in [0.1, 0.15) is 13.8 Å². The van der Waals surface area contributed by atoms with Gasteiger partial charge >= 0.3 is 122 Å². The number of methoxy groups -OCH3 is 1. The molecule has 0 radical (unpaired) electrons. The molecule has 0 saturated heterocycles. The number of carbonyl (C=O) groups is 2. The average molecular weight is 431 g/mol. The Balaban J connectivity index is 3.03. The fourth-order valence-electron chi connectivity index (χ4n) is 1.03. The topological polar surface area (TPSA) is 61.8 Å². The summed E-state index contributed by atoms with van der Waals surface area (Å²) in [5, 5.41) is 0. The van der Waals surface area contributed by atoms with Gasteiger partial charge in [-0.15, -0.1) is 0 Å². The summed E-state index contributed by atoms with van der Waals surface area (Å²) in [5.41, 5.74) is 0. The third-order valence-electron chi connectivity index (χ3n) is 1.65. The van der Waals surface area contributed by atoms with E-state index in [4.69, 9.17) is 10.9 Å². The van der Waals surface area contributed by atoms with Crippen LogP contribution in [-0.4, -0.2) is 19.0 Å². The van der Waals surface area contributed by atoms with Gasteiger partial charge in [0, 0.05) is 0 Å². The Bertz CT molecular complexity index is 447. The molecule has 0 aliphatic rings. The predicted octanol–water partition coefficient (Wildman–Crippen LogP) is 3.09. The van der Waals surface area contributed by atoms with Crippen LogP contribution in [0.25, 0.3) is 0 Å². The summed E-state index contributed by atoms with van der Waals surface area (Å²) in [4.78, 5) is 22.0. The van der Waals surface area contributed by atoms with Crippen molar-refractivity contribution in [1.29, 1.82) is 0 Å². The Morgan fingerprint density at radius 2 is 1.72 bits per heavy atom. The van der Waals surface area contributed by atoms with E-state index < -0.39 is 32.6 Å². The first-order valence-corrected chi connectivity index (χ1v) is 8.49. The molecule has 0 atom stereocenters. The van der Waals surface area contributed by atoms with Gasteiger partial charge in [0.25, 0.3) is 0 Å². The first-order valence-electron chi connectivity index (χ1n) is 4.85. The summed E-state index contributed by atoms with van der Waals surface area (Å²) in [6.45, 7) is 2.56. The molecule has 0 N–H and O–H groups in total. The summed E-state index contributed by atoms with van der Waals surface area (Å²) in [6, 6.07) is 5.19. The summed E-state index contributed by atoms with van der Waals surface area (Å²) in [6.07, 6.45) is 0. The molecule has 0 unspecified atom stereocenters. The molecular weight excluding hydrogens is 419 g/mol. The van der Waals surface area contributed by atoms with E-state index in [1.165, 1.54) is 21.0 Å². The summed E-state index contributed by atoms with van der Waals surface area (Å²) >= 11 is 0.556. The Hall–Kier alpha value is -0.830. The molecule has 0 aliphatic carbocycles. The van der Waals surface area contributed by atoms with Gasteiger partial charge in [-0.1, -0.05) is 0 Å². The van der Waals surface area contributed by atoms with Crippen LogP contribution in [0, 0.1) is 3.57 Å². The normalized spacial score (nSPS) is 10.6. The fourth-order valence-corrected chi connectivity index (χ4v) is 4.18. The summed E-state index contributed by atoms with van der Waals surface area (Å²) in [5.74, 6) is -0.347. The fraction of sp³-hybridized carbons (Fsp3) is 0.273. The van der Waals surface area contributed by atoms with Crippen LogP contribution < -0.4 is 4.74 Å². The zero-order chi connectivity index (χ0) is 13.7. The van der Waals surface area contributed by atoms with Crippen LogP contribution in [0.2, 0.25) is 0 Å². The van der Waals surface area contributed by atoms with Crippen molar-refractivity contribution in [2.75, 3.05) is 7.11 Å². The zero-order valence-electron chi connectivity index (χ0n) is 10.0. The molecule has 1 aromatic carbocycles. The van der Waals surface area contributed by atoms with Crippen molar-refractivity contribution in [3.63, 3.8) is 0 Å². The monoisotopic (exact) mass is 430 g/mol. The van der Waals surface area contributed by atoms with Crippen molar-refractivity contribution in [3.05, 3.63) is 26.2 Å². The van der Waals surface area contributed by atoms with Crippen LogP contribution in [-0.2, 0) is 15.7 Å². The second-order valence-electron chi connectivity index (χ2n) is 3.13. The van der Waals surface area contributed by atoms with Gasteiger partial charge in [0.05, 0.1) is 0 Å². The Labute approximate surface area is 121 Å². The van der Waals surface area contributed by atoms with Crippen molar-refractivity contribution in [1.82, 2.24) is 0 Å². The van der Waals surface area contributed by atoms with E-state index >= 15 is 0 Å². The molecule has 0 spiro atoms. The Morgan fingerprint density at radius 3 is 2.17 bits per heavy atom. The molecule has 0 aromatic heterocycles. The summed E-state index contributed by atoms with van der Waals surface area (Å²) in [7, 11) is 1.53. The molecule has 0 aliphatic heterocycles. The molecule has 0 amide bonds. The van der Waals surface area contributed by atoms with Gasteiger partial charge in [0.1, 0.15) is 0 Å². The summed E-state index contributed by atoms with van der Waals surface area (Å²) < 4.78 is 16.8. The van der Waals surface area contributed by atoms with Gasteiger partial charge in [-0.2, -0.15) is 0 Å². The number of hydrogen-bond donors (Lipinski definition) is 0. The third-order valence-corrected chi connectivity index (χ3v) is 6.03. The first-order chi connectivity index (χ1) is 8.43. The number of ether oxygens (including phenoxy) is 1. The first kappa shape index (κ1) is 15.2. The molecule has 7 heteroatoms. The molecule has 1 rings (SSSR count). The van der Waals surface area contributed by atoms with Crippen LogP contribution >= 0.6 is 36.6 Å². The van der Waals surface area contributed by atoms with Gasteiger partial charge < -0.3 is 0 Å². The van der Waals surface area contributed by atoms with Gasteiger partial charge in [0.15, 0.2) is 0 Å². The number of halogens is 2. The van der Waals surface area contributed by atoms with Crippen LogP contribution in [0.15, 0.2) is 22.7 Å². The minimum absolute atomic E-state index is 0.469. The van der Waals surface area contributed by atoms with Gasteiger partial charge in [-0.3, -0.25) is 0 Å². The molecular formula is C11H12BrIO5. The van der Waals surface area contributed by atoms with Gasteiger partial charge in [-0.05, 0) is 0 Å². The van der Waals surface area contributed by atoms with Crippen molar-refractivity contribution < 1.29 is 20.5 Å². The van der Waals surface area contributed by atoms with E-state index in [0.29, 0.717) is 9.32 Å². The van der Waals surface area contributed by atoms with E-state index in [9.17, 15) is 9.59 Å². The van der Waals surface area contributed by atoms with Crippen molar-refractivity contribution in [2.24, 2.45) is 0 Å². The van der Waals surface area contributed by atoms with Crippen molar-refractivity contribution in [2.45, 2.75) is 13.8 Å². The molecule has 1 aromatic rings. The van der Waals surface area contributed by atoms with Crippen LogP contribution in [0.4, 0.5) is 0 Å². The van der Waals surface area contributed by atoms with Gasteiger partial charge in [-0.25, -0.2) is 0 Å². The predicted molar refractivity (Wildman–Crippen MR) is 76.9 cm³/mol. The van der Waals surface area contributed by atoms with E-state index in [0.717, 1.165) is 4.47 Å². The van der Waals surface area contributed by atoms with E-state index in [-0.39, 0.29) is 0 Å². The van der Waals surface area contributed by atoms with E-state index in [2.05, 4.69) is 15.9 Å². The van der Waals surface area contributed by atoms with Crippen LogP contribution in [0.3, 0.4) is 0 Å². The van der Waals surface area contributed by atoms with Crippen molar-refractivity contribution in [3.8, 4) is 5.75 Å². The average Bonchev–Trinajstić information content (AvgIpc) is 2.27. The maximum atomic E-state index is 11.0. The third kappa shape index (κ3) is 4.45. The molecule has 5 nitrogen and oxygen atoms in total. The van der Waals surface area contributed by atoms with Crippen LogP contribution in [0.5, 0.6) is 5.75 Å². The molecule has 0 fully saturated rings. The van der Waals surface area contributed by atoms with E-state index in [1.807, 2.05) is 0 Å². The quantitative estimate of drug-likeness (QED) is 0.687. The number of hydrogen-bond acceptors (Lipinski definition) is 5. The second-order valence-corrected chi connectivity index (χ2v) is 7.35. The number of benzene rings is 1. The van der Waals surface area contributed by atoms with Crippen molar-refractivity contribution >= 4 is 48.5 Å².